The van der Waals surface area contributed by atoms with Gasteiger partial charge in [0.15, 0.2) is 0 Å². The molecule has 0 aliphatic carbocycles. The van der Waals surface area contributed by atoms with Crippen molar-refractivity contribution >= 4 is 23.0 Å². The van der Waals surface area contributed by atoms with Gasteiger partial charge in [0.1, 0.15) is 6.04 Å². The van der Waals surface area contributed by atoms with E-state index in [0.717, 1.165) is 17.7 Å². The third-order valence-electron chi connectivity index (χ3n) is 5.27. The molecule has 164 valence electrons. The van der Waals surface area contributed by atoms with Gasteiger partial charge in [-0.05, 0) is 24.5 Å². The zero-order chi connectivity index (χ0) is 21.7. The Labute approximate surface area is 175 Å². The van der Waals surface area contributed by atoms with E-state index in [1.807, 2.05) is 26.0 Å². The van der Waals surface area contributed by atoms with Gasteiger partial charge in [0, 0.05) is 26.2 Å². The summed E-state index contributed by atoms with van der Waals surface area (Å²) in [4.78, 5) is 40.5. The highest BCUT2D eigenvalue weighted by Crippen LogP contribution is 2.14. The first-order chi connectivity index (χ1) is 14.4. The number of carbonyl (C=O) groups excluding carboxylic acids is 2. The van der Waals surface area contributed by atoms with Crippen molar-refractivity contribution in [3.05, 3.63) is 34.7 Å². The van der Waals surface area contributed by atoms with Gasteiger partial charge in [0.25, 0.3) is 0 Å². The summed E-state index contributed by atoms with van der Waals surface area (Å²) >= 11 is 0. The molecule has 1 aromatic carbocycles. The maximum absolute atomic E-state index is 13.2. The number of para-hydroxylation sites is 2. The molecule has 1 amide bonds. The average molecular weight is 418 g/mol. The first-order valence-corrected chi connectivity index (χ1v) is 10.3. The van der Waals surface area contributed by atoms with Gasteiger partial charge in [-0.15, -0.1) is 0 Å². The van der Waals surface area contributed by atoms with E-state index in [-0.39, 0.29) is 5.92 Å². The molecule has 3 rings (SSSR count). The van der Waals surface area contributed by atoms with Gasteiger partial charge in [0.05, 0.1) is 31.4 Å². The zero-order valence-corrected chi connectivity index (χ0v) is 17.8. The Morgan fingerprint density at radius 3 is 2.43 bits per heavy atom. The minimum Gasteiger partial charge on any atom is -0.467 e. The molecule has 1 fully saturated rings. The van der Waals surface area contributed by atoms with Crippen molar-refractivity contribution in [2.75, 3.05) is 40.0 Å². The normalized spacial score (nSPS) is 16.0. The van der Waals surface area contributed by atoms with Gasteiger partial charge >= 0.3 is 17.7 Å². The summed E-state index contributed by atoms with van der Waals surface area (Å²) in [7, 11) is 1.28. The minimum atomic E-state index is -0.815. The van der Waals surface area contributed by atoms with Crippen molar-refractivity contribution in [1.29, 1.82) is 0 Å². The largest absolute Gasteiger partial charge is 0.467 e. The smallest absolute Gasteiger partial charge is 0.337 e. The number of benzene rings is 1. The molecule has 30 heavy (non-hydrogen) atoms. The fourth-order valence-corrected chi connectivity index (χ4v) is 3.73. The zero-order valence-electron chi connectivity index (χ0n) is 17.8. The average Bonchev–Trinajstić information content (AvgIpc) is 3.02. The van der Waals surface area contributed by atoms with Crippen molar-refractivity contribution in [1.82, 2.24) is 19.4 Å². The first-order valence-electron chi connectivity index (χ1n) is 10.3. The SMILES string of the molecule is COC(=O)[C@H](CC(C)C)NC(=O)n1c(=O)n(CCN2CCOCC2)c2ccccc21. The number of carbonyl (C=O) groups is 2. The lowest BCUT2D eigenvalue weighted by Gasteiger charge is -2.26. The molecule has 2 heterocycles. The fourth-order valence-electron chi connectivity index (χ4n) is 3.73. The Balaban J connectivity index is 1.87. The van der Waals surface area contributed by atoms with Gasteiger partial charge in [-0.3, -0.25) is 9.47 Å². The lowest BCUT2D eigenvalue weighted by molar-refractivity contribution is -0.143. The van der Waals surface area contributed by atoms with E-state index in [2.05, 4.69) is 10.2 Å². The Hall–Kier alpha value is -2.65. The number of nitrogens with one attached hydrogen (secondary N) is 1. The van der Waals surface area contributed by atoms with Crippen LogP contribution in [0.15, 0.2) is 29.1 Å². The van der Waals surface area contributed by atoms with E-state index in [9.17, 15) is 14.4 Å². The van der Waals surface area contributed by atoms with Gasteiger partial charge in [-0.1, -0.05) is 26.0 Å². The van der Waals surface area contributed by atoms with E-state index in [0.29, 0.717) is 43.8 Å². The van der Waals surface area contributed by atoms with Gasteiger partial charge < -0.3 is 14.8 Å². The van der Waals surface area contributed by atoms with Crippen LogP contribution in [0.4, 0.5) is 4.79 Å². The van der Waals surface area contributed by atoms with Crippen molar-refractivity contribution in [2.24, 2.45) is 5.92 Å². The highest BCUT2D eigenvalue weighted by Gasteiger charge is 2.26. The monoisotopic (exact) mass is 418 g/mol. The summed E-state index contributed by atoms with van der Waals surface area (Å²) in [5.74, 6) is -0.359. The van der Waals surface area contributed by atoms with Crippen LogP contribution in [-0.4, -0.2) is 72.0 Å². The maximum Gasteiger partial charge on any atom is 0.337 e. The molecule has 0 saturated carbocycles. The quantitative estimate of drug-likeness (QED) is 0.681. The molecule has 9 nitrogen and oxygen atoms in total. The molecule has 1 atom stereocenters. The van der Waals surface area contributed by atoms with Crippen LogP contribution in [-0.2, 0) is 20.8 Å². The number of esters is 1. The van der Waals surface area contributed by atoms with E-state index < -0.39 is 23.7 Å². The Bertz CT molecular complexity index is 943. The number of fused-ring (bicyclic) bond motifs is 1. The second-order valence-electron chi connectivity index (χ2n) is 7.87. The van der Waals surface area contributed by atoms with Crippen molar-refractivity contribution < 1.29 is 19.1 Å². The van der Waals surface area contributed by atoms with Crippen LogP contribution in [0.5, 0.6) is 0 Å². The van der Waals surface area contributed by atoms with Crippen LogP contribution in [0.25, 0.3) is 11.0 Å². The second-order valence-corrected chi connectivity index (χ2v) is 7.87. The topological polar surface area (TPSA) is 94.8 Å². The van der Waals surface area contributed by atoms with Gasteiger partial charge in [0.2, 0.25) is 0 Å². The van der Waals surface area contributed by atoms with Gasteiger partial charge in [-0.2, -0.15) is 0 Å². The number of aromatic nitrogens is 2. The predicted molar refractivity (Wildman–Crippen MR) is 113 cm³/mol. The summed E-state index contributed by atoms with van der Waals surface area (Å²) < 4.78 is 12.9. The van der Waals surface area contributed by atoms with Crippen LogP contribution >= 0.6 is 0 Å². The lowest BCUT2D eigenvalue weighted by atomic mass is 10.0. The highest BCUT2D eigenvalue weighted by atomic mass is 16.5. The van der Waals surface area contributed by atoms with E-state index >= 15 is 0 Å². The van der Waals surface area contributed by atoms with Crippen LogP contribution < -0.4 is 11.0 Å². The molecule has 0 unspecified atom stereocenters. The van der Waals surface area contributed by atoms with Crippen molar-refractivity contribution in [3.63, 3.8) is 0 Å². The number of imidazole rings is 1. The first kappa shape index (κ1) is 22.0. The molecule has 0 bridgehead atoms. The van der Waals surface area contributed by atoms with Crippen molar-refractivity contribution in [2.45, 2.75) is 32.9 Å². The molecule has 0 spiro atoms. The predicted octanol–water partition coefficient (Wildman–Crippen LogP) is 1.28. The number of amides is 1. The van der Waals surface area contributed by atoms with Crippen LogP contribution in [0.3, 0.4) is 0 Å². The molecule has 1 saturated heterocycles. The standard InChI is InChI=1S/C21H30N4O5/c1-15(2)14-16(19(26)29-3)22-20(27)25-18-7-5-4-6-17(18)24(21(25)28)9-8-23-10-12-30-13-11-23/h4-7,15-16H,8-14H2,1-3H3,(H,22,27)/t16-/m0/s1. The van der Waals surface area contributed by atoms with E-state index in [4.69, 9.17) is 9.47 Å². The summed E-state index contributed by atoms with van der Waals surface area (Å²) in [6.07, 6.45) is 0.419. The molecule has 2 aromatic rings. The summed E-state index contributed by atoms with van der Waals surface area (Å²) in [5, 5.41) is 2.68. The molecular formula is C21H30N4O5. The minimum absolute atomic E-state index is 0.168. The van der Waals surface area contributed by atoms with Crippen LogP contribution in [0, 0.1) is 5.92 Å². The number of hydrogen-bond acceptors (Lipinski definition) is 6. The van der Waals surface area contributed by atoms with E-state index in [1.165, 1.54) is 7.11 Å². The highest BCUT2D eigenvalue weighted by molar-refractivity contribution is 5.91. The maximum atomic E-state index is 13.2. The Morgan fingerprint density at radius 2 is 1.80 bits per heavy atom. The fraction of sp³-hybridized carbons (Fsp3) is 0.571. The number of hydrogen-bond donors (Lipinski definition) is 1. The number of nitrogens with zero attached hydrogens (tertiary/aromatic N) is 3. The molecule has 9 heteroatoms. The number of rotatable bonds is 7. The Kier molecular flexibility index (Phi) is 7.28. The van der Waals surface area contributed by atoms with Crippen LogP contribution in [0.2, 0.25) is 0 Å². The van der Waals surface area contributed by atoms with Crippen molar-refractivity contribution in [3.8, 4) is 0 Å². The summed E-state index contributed by atoms with van der Waals surface area (Å²) in [6.45, 7) is 8.07. The molecule has 0 radical (unpaired) electrons. The molecule has 1 aromatic heterocycles. The third kappa shape index (κ3) is 4.91. The molecular weight excluding hydrogens is 388 g/mol. The number of morpholine rings is 1. The summed E-state index contributed by atoms with van der Waals surface area (Å²) in [5.41, 5.74) is 0.773. The van der Waals surface area contributed by atoms with Gasteiger partial charge in [-0.25, -0.2) is 19.0 Å². The van der Waals surface area contributed by atoms with Crippen LogP contribution in [0.1, 0.15) is 20.3 Å². The summed E-state index contributed by atoms with van der Waals surface area (Å²) in [6, 6.07) is 5.74. The lowest BCUT2D eigenvalue weighted by Crippen LogP contribution is -2.47. The molecule has 1 aliphatic heterocycles. The third-order valence-corrected chi connectivity index (χ3v) is 5.27. The van der Waals surface area contributed by atoms with E-state index in [1.54, 1.807) is 16.7 Å². The number of methoxy groups -OCH3 is 1. The second kappa shape index (κ2) is 9.90. The number of ether oxygens (including phenoxy) is 2. The molecule has 1 aliphatic rings. The Morgan fingerprint density at radius 1 is 1.13 bits per heavy atom. The molecule has 1 N–H and O–H groups in total.